The number of nitrogens with one attached hydrogen (secondary N) is 2. The molecular weight excluding hydrogens is 388 g/mol. The summed E-state index contributed by atoms with van der Waals surface area (Å²) in [5.74, 6) is 0.163. The van der Waals surface area contributed by atoms with E-state index in [9.17, 15) is 13.2 Å². The zero-order valence-electron chi connectivity index (χ0n) is 15.9. The SMILES string of the molecule is Cc1ncncc1S(=O)(=O)NC(=O)Nc1c(C(C)C)cc(Cl)cc1C(C)C. The van der Waals surface area contributed by atoms with Gasteiger partial charge >= 0.3 is 6.03 Å². The summed E-state index contributed by atoms with van der Waals surface area (Å²) in [6.45, 7) is 9.42. The van der Waals surface area contributed by atoms with Crippen LogP contribution in [0.5, 0.6) is 0 Å². The Labute approximate surface area is 164 Å². The van der Waals surface area contributed by atoms with Gasteiger partial charge in [-0.05, 0) is 42.0 Å². The van der Waals surface area contributed by atoms with Gasteiger partial charge in [-0.15, -0.1) is 0 Å². The quantitative estimate of drug-likeness (QED) is 0.769. The lowest BCUT2D eigenvalue weighted by molar-refractivity contribution is 0.256. The number of amides is 2. The number of nitrogens with zero attached hydrogens (tertiary/aromatic N) is 2. The molecule has 0 aliphatic rings. The Morgan fingerprint density at radius 2 is 1.67 bits per heavy atom. The zero-order chi connectivity index (χ0) is 20.4. The lowest BCUT2D eigenvalue weighted by atomic mass is 9.92. The van der Waals surface area contributed by atoms with Crippen LogP contribution >= 0.6 is 11.6 Å². The van der Waals surface area contributed by atoms with Crippen molar-refractivity contribution in [2.24, 2.45) is 0 Å². The van der Waals surface area contributed by atoms with Crippen molar-refractivity contribution in [2.75, 3.05) is 5.32 Å². The third-order valence-electron chi connectivity index (χ3n) is 4.03. The van der Waals surface area contributed by atoms with Crippen LogP contribution in [-0.4, -0.2) is 24.4 Å². The Balaban J connectivity index is 2.37. The maximum Gasteiger partial charge on any atom is 0.333 e. The maximum absolute atomic E-state index is 12.5. The van der Waals surface area contributed by atoms with Gasteiger partial charge in [0.25, 0.3) is 10.0 Å². The van der Waals surface area contributed by atoms with Crippen LogP contribution < -0.4 is 10.0 Å². The summed E-state index contributed by atoms with van der Waals surface area (Å²) in [4.78, 5) is 19.9. The minimum absolute atomic E-state index is 0.0814. The van der Waals surface area contributed by atoms with Gasteiger partial charge in [-0.1, -0.05) is 39.3 Å². The molecule has 2 N–H and O–H groups in total. The van der Waals surface area contributed by atoms with E-state index in [0.29, 0.717) is 10.7 Å². The number of anilines is 1. The zero-order valence-corrected chi connectivity index (χ0v) is 17.4. The van der Waals surface area contributed by atoms with Crippen LogP contribution in [0.2, 0.25) is 5.02 Å². The molecule has 0 fully saturated rings. The van der Waals surface area contributed by atoms with Crippen molar-refractivity contribution < 1.29 is 13.2 Å². The molecule has 0 bridgehead atoms. The molecule has 0 radical (unpaired) electrons. The highest BCUT2D eigenvalue weighted by Gasteiger charge is 2.23. The molecule has 7 nitrogen and oxygen atoms in total. The molecular formula is C18H23ClN4O3S. The van der Waals surface area contributed by atoms with E-state index in [1.807, 2.05) is 32.4 Å². The van der Waals surface area contributed by atoms with Crippen molar-refractivity contribution in [1.29, 1.82) is 0 Å². The van der Waals surface area contributed by atoms with Crippen molar-refractivity contribution in [3.05, 3.63) is 46.5 Å². The first kappa shape index (κ1) is 21.1. The second-order valence-corrected chi connectivity index (χ2v) is 8.89. The number of aryl methyl sites for hydroxylation is 1. The second-order valence-electron chi connectivity index (χ2n) is 6.80. The molecule has 146 valence electrons. The van der Waals surface area contributed by atoms with Crippen LogP contribution in [0.1, 0.15) is 56.4 Å². The molecule has 0 aliphatic heterocycles. The Morgan fingerprint density at radius 3 is 2.15 bits per heavy atom. The highest BCUT2D eigenvalue weighted by molar-refractivity contribution is 7.90. The van der Waals surface area contributed by atoms with E-state index in [1.54, 1.807) is 12.1 Å². The predicted octanol–water partition coefficient (Wildman–Crippen LogP) is 4.20. The van der Waals surface area contributed by atoms with Gasteiger partial charge in [0.1, 0.15) is 11.2 Å². The van der Waals surface area contributed by atoms with Gasteiger partial charge in [0.2, 0.25) is 0 Å². The predicted molar refractivity (Wildman–Crippen MR) is 106 cm³/mol. The number of hydrogen-bond donors (Lipinski definition) is 2. The van der Waals surface area contributed by atoms with Crippen molar-refractivity contribution in [3.63, 3.8) is 0 Å². The summed E-state index contributed by atoms with van der Waals surface area (Å²) in [5.41, 5.74) is 2.48. The number of urea groups is 1. The summed E-state index contributed by atoms with van der Waals surface area (Å²) >= 11 is 6.21. The molecule has 1 aromatic carbocycles. The van der Waals surface area contributed by atoms with Crippen LogP contribution in [0.3, 0.4) is 0 Å². The van der Waals surface area contributed by atoms with Crippen molar-refractivity contribution in [1.82, 2.24) is 14.7 Å². The molecule has 0 spiro atoms. The number of carbonyl (C=O) groups is 1. The average Bonchev–Trinajstić information content (AvgIpc) is 2.55. The summed E-state index contributed by atoms with van der Waals surface area (Å²) in [7, 11) is -4.10. The van der Waals surface area contributed by atoms with Crippen LogP contribution in [-0.2, 0) is 10.0 Å². The number of benzene rings is 1. The first-order valence-electron chi connectivity index (χ1n) is 8.46. The largest absolute Gasteiger partial charge is 0.333 e. The van der Waals surface area contributed by atoms with Gasteiger partial charge < -0.3 is 5.32 Å². The van der Waals surface area contributed by atoms with Gasteiger partial charge in [-0.2, -0.15) is 0 Å². The van der Waals surface area contributed by atoms with Crippen molar-refractivity contribution >= 4 is 33.3 Å². The van der Waals surface area contributed by atoms with Crippen molar-refractivity contribution in [3.8, 4) is 0 Å². The summed E-state index contributed by atoms with van der Waals surface area (Å²) < 4.78 is 27.0. The maximum atomic E-state index is 12.5. The van der Waals surface area contributed by atoms with Gasteiger partial charge in [0, 0.05) is 10.7 Å². The second kappa shape index (κ2) is 8.22. The third-order valence-corrected chi connectivity index (χ3v) is 5.68. The molecule has 9 heteroatoms. The minimum Gasteiger partial charge on any atom is -0.307 e. The van der Waals surface area contributed by atoms with Crippen LogP contribution in [0.4, 0.5) is 10.5 Å². The monoisotopic (exact) mass is 410 g/mol. The van der Waals surface area contributed by atoms with Crippen LogP contribution in [0.25, 0.3) is 0 Å². The van der Waals surface area contributed by atoms with Gasteiger partial charge in [0.15, 0.2) is 0 Å². The average molecular weight is 411 g/mol. The fourth-order valence-electron chi connectivity index (χ4n) is 2.66. The molecule has 0 saturated carbocycles. The smallest absolute Gasteiger partial charge is 0.307 e. The Morgan fingerprint density at radius 1 is 1.11 bits per heavy atom. The molecule has 2 aromatic rings. The molecule has 1 aromatic heterocycles. The lowest BCUT2D eigenvalue weighted by Crippen LogP contribution is -2.35. The Kier molecular flexibility index (Phi) is 6.43. The number of halogens is 1. The number of aromatic nitrogens is 2. The summed E-state index contributed by atoms with van der Waals surface area (Å²) in [6, 6.07) is 2.69. The van der Waals surface area contributed by atoms with Crippen LogP contribution in [0, 0.1) is 6.92 Å². The normalized spacial score (nSPS) is 11.7. The van der Waals surface area contributed by atoms with Crippen molar-refractivity contribution in [2.45, 2.75) is 51.3 Å². The molecule has 0 unspecified atom stereocenters. The van der Waals surface area contributed by atoms with E-state index in [-0.39, 0.29) is 22.4 Å². The van der Waals surface area contributed by atoms with E-state index >= 15 is 0 Å². The number of carbonyl (C=O) groups excluding carboxylic acids is 1. The standard InChI is InChI=1S/C18H23ClN4O3S/c1-10(2)14-6-13(19)7-15(11(3)4)17(14)22-18(24)23-27(25,26)16-8-20-9-21-12(16)5/h6-11H,1-5H3,(H2,22,23,24). The molecule has 2 amide bonds. The highest BCUT2D eigenvalue weighted by atomic mass is 35.5. The Hall–Kier alpha value is -2.19. The van der Waals surface area contributed by atoms with E-state index in [0.717, 1.165) is 17.3 Å². The summed E-state index contributed by atoms with van der Waals surface area (Å²) in [5, 5.41) is 3.25. The van der Waals surface area contributed by atoms with E-state index in [1.165, 1.54) is 13.3 Å². The fourth-order valence-corrected chi connectivity index (χ4v) is 3.94. The number of hydrogen-bond acceptors (Lipinski definition) is 5. The Bertz CT molecular complexity index is 930. The molecule has 0 aliphatic carbocycles. The number of rotatable bonds is 5. The van der Waals surface area contributed by atoms with Gasteiger partial charge in [-0.25, -0.2) is 27.9 Å². The lowest BCUT2D eigenvalue weighted by Gasteiger charge is -2.21. The number of sulfonamides is 1. The van der Waals surface area contributed by atoms with Crippen LogP contribution in [0.15, 0.2) is 29.6 Å². The molecule has 2 rings (SSSR count). The van der Waals surface area contributed by atoms with E-state index in [2.05, 4.69) is 15.3 Å². The minimum atomic E-state index is -4.10. The topological polar surface area (TPSA) is 101 Å². The van der Waals surface area contributed by atoms with Gasteiger partial charge in [0.05, 0.1) is 11.9 Å². The first-order valence-corrected chi connectivity index (χ1v) is 10.3. The van der Waals surface area contributed by atoms with E-state index in [4.69, 9.17) is 11.6 Å². The third kappa shape index (κ3) is 4.95. The molecule has 0 saturated heterocycles. The van der Waals surface area contributed by atoms with Gasteiger partial charge in [-0.3, -0.25) is 0 Å². The first-order chi connectivity index (χ1) is 12.5. The molecule has 27 heavy (non-hydrogen) atoms. The van der Waals surface area contributed by atoms with E-state index < -0.39 is 16.1 Å². The highest BCUT2D eigenvalue weighted by Crippen LogP contribution is 2.35. The molecule has 0 atom stereocenters. The molecule has 1 heterocycles. The summed E-state index contributed by atoms with van der Waals surface area (Å²) in [6.07, 6.45) is 2.39. The fraction of sp³-hybridized carbons (Fsp3) is 0.389.